The first-order valence-corrected chi connectivity index (χ1v) is 9.41. The summed E-state index contributed by atoms with van der Waals surface area (Å²) in [5, 5.41) is 58.3. The van der Waals surface area contributed by atoms with Gasteiger partial charge >= 0.3 is 0 Å². The summed E-state index contributed by atoms with van der Waals surface area (Å²) < 4.78 is 10.7. The summed E-state index contributed by atoms with van der Waals surface area (Å²) in [5.41, 5.74) is 0.957. The Hall–Kier alpha value is -2.69. The van der Waals surface area contributed by atoms with Gasteiger partial charge in [0.05, 0.1) is 12.2 Å². The van der Waals surface area contributed by atoms with Gasteiger partial charge in [0.1, 0.15) is 41.7 Å². The van der Waals surface area contributed by atoms with Gasteiger partial charge in [-0.05, 0) is 36.2 Å². The van der Waals surface area contributed by atoms with E-state index < -0.39 is 37.3 Å². The van der Waals surface area contributed by atoms with E-state index in [1.165, 1.54) is 30.3 Å². The number of aliphatic hydroxyl groups excluding tert-OH is 4. The van der Waals surface area contributed by atoms with Crippen LogP contribution in [0.15, 0.2) is 42.5 Å². The molecule has 2 aromatic rings. The molecule has 1 saturated heterocycles. The lowest BCUT2D eigenvalue weighted by molar-refractivity contribution is -0.277. The Morgan fingerprint density at radius 1 is 0.967 bits per heavy atom. The van der Waals surface area contributed by atoms with Crippen molar-refractivity contribution in [1.29, 1.82) is 0 Å². The van der Waals surface area contributed by atoms with Crippen LogP contribution in [0.25, 0.3) is 0 Å². The van der Waals surface area contributed by atoms with E-state index >= 15 is 0 Å². The number of phenols is 2. The topological polar surface area (TPSA) is 157 Å². The zero-order valence-electron chi connectivity index (χ0n) is 16.0. The Labute approximate surface area is 172 Å². The predicted molar refractivity (Wildman–Crippen MR) is 103 cm³/mol. The molecule has 0 amide bonds. The second-order valence-electron chi connectivity index (χ2n) is 7.08. The van der Waals surface area contributed by atoms with Crippen molar-refractivity contribution in [3.05, 3.63) is 53.6 Å². The van der Waals surface area contributed by atoms with Gasteiger partial charge in [-0.15, -0.1) is 0 Å². The largest absolute Gasteiger partial charge is 0.508 e. The second kappa shape index (κ2) is 9.41. The Morgan fingerprint density at radius 2 is 1.67 bits per heavy atom. The molecule has 30 heavy (non-hydrogen) atoms. The maximum atomic E-state index is 12.4. The number of ketones is 1. The molecule has 0 aliphatic carbocycles. The lowest BCUT2D eigenvalue weighted by Crippen LogP contribution is -2.60. The van der Waals surface area contributed by atoms with E-state index in [2.05, 4.69) is 0 Å². The van der Waals surface area contributed by atoms with Crippen LogP contribution in [0.5, 0.6) is 17.2 Å². The van der Waals surface area contributed by atoms with Crippen LogP contribution in [0.3, 0.4) is 0 Å². The molecule has 6 N–H and O–H groups in total. The highest BCUT2D eigenvalue weighted by molar-refractivity contribution is 5.98. The molecule has 0 bridgehead atoms. The van der Waals surface area contributed by atoms with Gasteiger partial charge in [-0.3, -0.25) is 4.79 Å². The summed E-state index contributed by atoms with van der Waals surface area (Å²) in [5.74, 6) is -0.419. The van der Waals surface area contributed by atoms with Gasteiger partial charge < -0.3 is 40.1 Å². The fraction of sp³-hybridized carbons (Fsp3) is 0.381. The van der Waals surface area contributed by atoms with Crippen LogP contribution in [-0.2, 0) is 11.2 Å². The van der Waals surface area contributed by atoms with Crippen LogP contribution >= 0.6 is 0 Å². The van der Waals surface area contributed by atoms with Crippen molar-refractivity contribution >= 4 is 5.78 Å². The molecule has 0 aromatic heterocycles. The molecule has 1 aliphatic rings. The third kappa shape index (κ3) is 4.89. The van der Waals surface area contributed by atoms with Crippen LogP contribution < -0.4 is 4.74 Å². The summed E-state index contributed by atoms with van der Waals surface area (Å²) >= 11 is 0. The highest BCUT2D eigenvalue weighted by Crippen LogP contribution is 2.29. The zero-order chi connectivity index (χ0) is 21.8. The number of hydrogen-bond donors (Lipinski definition) is 6. The number of hydrogen-bond acceptors (Lipinski definition) is 9. The van der Waals surface area contributed by atoms with Gasteiger partial charge in [0.25, 0.3) is 0 Å². The van der Waals surface area contributed by atoms with Crippen LogP contribution in [0.2, 0.25) is 0 Å². The lowest BCUT2D eigenvalue weighted by atomic mass is 9.99. The van der Waals surface area contributed by atoms with Crippen molar-refractivity contribution in [1.82, 2.24) is 0 Å². The van der Waals surface area contributed by atoms with Gasteiger partial charge in [0.15, 0.2) is 5.78 Å². The molecule has 1 aliphatic heterocycles. The molecule has 5 unspecified atom stereocenters. The Morgan fingerprint density at radius 3 is 2.30 bits per heavy atom. The van der Waals surface area contributed by atoms with Crippen molar-refractivity contribution in [2.75, 3.05) is 6.61 Å². The summed E-state index contributed by atoms with van der Waals surface area (Å²) in [4.78, 5) is 12.4. The molecule has 2 aromatic carbocycles. The second-order valence-corrected chi connectivity index (χ2v) is 7.08. The number of rotatable bonds is 7. The minimum Gasteiger partial charge on any atom is -0.508 e. The van der Waals surface area contributed by atoms with Crippen molar-refractivity contribution in [3.8, 4) is 17.2 Å². The third-order valence-electron chi connectivity index (χ3n) is 4.95. The molecule has 3 rings (SSSR count). The normalized spacial score (nSPS) is 26.3. The van der Waals surface area contributed by atoms with E-state index in [1.807, 2.05) is 0 Å². The number of aryl methyl sites for hydroxylation is 1. The van der Waals surface area contributed by atoms with Crippen LogP contribution in [-0.4, -0.2) is 73.7 Å². The number of aromatic hydroxyl groups is 2. The molecule has 0 spiro atoms. The SMILES string of the molecule is O=C(CCc1ccc(O)cc1)c1ccc(OC2OC(CO)C(O)C(O)C2O)cc1O. The van der Waals surface area contributed by atoms with E-state index in [4.69, 9.17) is 9.47 Å². The monoisotopic (exact) mass is 420 g/mol. The molecule has 5 atom stereocenters. The smallest absolute Gasteiger partial charge is 0.229 e. The maximum absolute atomic E-state index is 12.4. The first-order valence-electron chi connectivity index (χ1n) is 9.41. The van der Waals surface area contributed by atoms with Crippen LogP contribution in [0, 0.1) is 0 Å². The van der Waals surface area contributed by atoms with E-state index in [0.29, 0.717) is 6.42 Å². The number of benzene rings is 2. The molecule has 9 heteroatoms. The summed E-state index contributed by atoms with van der Waals surface area (Å²) in [6.07, 6.45) is -6.62. The first-order chi connectivity index (χ1) is 14.3. The van der Waals surface area contributed by atoms with Crippen molar-refractivity contribution in [2.45, 2.75) is 43.5 Å². The van der Waals surface area contributed by atoms with Gasteiger partial charge in [-0.1, -0.05) is 12.1 Å². The molecule has 1 heterocycles. The number of ether oxygens (including phenoxy) is 2. The summed E-state index contributed by atoms with van der Waals surface area (Å²) in [6.45, 7) is -0.593. The molecule has 0 radical (unpaired) electrons. The number of Topliss-reactive ketones (excluding diaryl/α,β-unsaturated/α-hetero) is 1. The Balaban J connectivity index is 1.64. The average Bonchev–Trinajstić information content (AvgIpc) is 2.73. The molecule has 1 fully saturated rings. The summed E-state index contributed by atoms with van der Waals surface area (Å²) in [6, 6.07) is 10.4. The number of phenolic OH excluding ortho intramolecular Hbond substituents is 2. The van der Waals surface area contributed by atoms with Gasteiger partial charge in [-0.2, -0.15) is 0 Å². The Bertz CT molecular complexity index is 865. The van der Waals surface area contributed by atoms with Crippen molar-refractivity contribution in [3.63, 3.8) is 0 Å². The first kappa shape index (κ1) is 22.0. The van der Waals surface area contributed by atoms with Gasteiger partial charge in [0.2, 0.25) is 6.29 Å². The highest BCUT2D eigenvalue weighted by Gasteiger charge is 2.44. The molecule has 162 valence electrons. The molecule has 9 nitrogen and oxygen atoms in total. The summed E-state index contributed by atoms with van der Waals surface area (Å²) in [7, 11) is 0. The molecule has 0 saturated carbocycles. The van der Waals surface area contributed by atoms with Crippen molar-refractivity contribution < 1.29 is 44.9 Å². The molecular weight excluding hydrogens is 396 g/mol. The van der Waals surface area contributed by atoms with Gasteiger partial charge in [0, 0.05) is 12.5 Å². The van der Waals surface area contributed by atoms with Gasteiger partial charge in [-0.25, -0.2) is 0 Å². The van der Waals surface area contributed by atoms with Crippen molar-refractivity contribution in [2.24, 2.45) is 0 Å². The minimum atomic E-state index is -1.59. The quantitative estimate of drug-likeness (QED) is 0.342. The van der Waals surface area contributed by atoms with Crippen LogP contribution in [0.1, 0.15) is 22.3 Å². The number of aliphatic hydroxyl groups is 4. The minimum absolute atomic E-state index is 0.0620. The number of carbonyl (C=O) groups excluding carboxylic acids is 1. The Kier molecular flexibility index (Phi) is 6.91. The standard InChI is InChI=1S/C21H24O9/c22-10-17-18(26)19(27)20(28)21(30-17)29-13-6-7-14(16(25)9-13)15(24)8-3-11-1-4-12(23)5-2-11/h1-2,4-7,9,17-23,25-28H,3,8,10H2. The number of carbonyl (C=O) groups is 1. The average molecular weight is 420 g/mol. The zero-order valence-corrected chi connectivity index (χ0v) is 16.0. The maximum Gasteiger partial charge on any atom is 0.229 e. The van der Waals surface area contributed by atoms with Crippen LogP contribution in [0.4, 0.5) is 0 Å². The third-order valence-corrected chi connectivity index (χ3v) is 4.95. The van der Waals surface area contributed by atoms with E-state index in [1.54, 1.807) is 12.1 Å². The fourth-order valence-corrected chi connectivity index (χ4v) is 3.17. The fourth-order valence-electron chi connectivity index (χ4n) is 3.17. The predicted octanol–water partition coefficient (Wildman–Crippen LogP) is 0.0920. The highest BCUT2D eigenvalue weighted by atomic mass is 16.7. The van der Waals surface area contributed by atoms with E-state index in [0.717, 1.165) is 5.56 Å². The lowest BCUT2D eigenvalue weighted by Gasteiger charge is -2.39. The molecular formula is C21H24O9. The van der Waals surface area contributed by atoms with E-state index in [9.17, 15) is 35.4 Å². The van der Waals surface area contributed by atoms with E-state index in [-0.39, 0.29) is 35.0 Å².